The molecule has 4 rings (SSSR count). The number of likely N-dealkylation sites (tertiary alicyclic amines) is 1. The number of nitrogens with zero attached hydrogens (tertiary/aromatic N) is 3. The van der Waals surface area contributed by atoms with Crippen molar-refractivity contribution in [2.45, 2.75) is 58.0 Å². The third kappa shape index (κ3) is 4.94. The summed E-state index contributed by atoms with van der Waals surface area (Å²) in [6.07, 6.45) is 6.26. The minimum atomic E-state index is -1.17. The molecule has 1 aromatic rings. The number of anilines is 1. The molecule has 3 aliphatic rings. The second-order valence-electron chi connectivity index (χ2n) is 11.1. The topological polar surface area (TPSA) is 64.1 Å². The van der Waals surface area contributed by atoms with Gasteiger partial charge < -0.3 is 19.8 Å². The number of aliphatic hydroxyl groups is 1. The third-order valence-corrected chi connectivity index (χ3v) is 8.72. The average Bonchev–Trinajstić information content (AvgIpc) is 3.68. The molecule has 1 saturated carbocycles. The Labute approximate surface area is 209 Å². The average molecular weight is 490 g/mol. The van der Waals surface area contributed by atoms with Crippen LogP contribution in [0.25, 0.3) is 0 Å². The Morgan fingerprint density at radius 3 is 2.03 bits per heavy atom. The fourth-order valence-corrected chi connectivity index (χ4v) is 6.24. The Hall–Kier alpha value is -1.79. The molecule has 3 fully saturated rings. The third-order valence-electron chi connectivity index (χ3n) is 8.41. The molecule has 2 amide bonds. The number of hydrogen-bond acceptors (Lipinski definition) is 4. The molecule has 1 aliphatic carbocycles. The fraction of sp³-hybridized carbons (Fsp3) is 0.704. The van der Waals surface area contributed by atoms with E-state index in [1.165, 1.54) is 0 Å². The predicted molar refractivity (Wildman–Crippen MR) is 136 cm³/mol. The van der Waals surface area contributed by atoms with Crippen LogP contribution < -0.4 is 4.90 Å². The largest absolute Gasteiger partial charge is 0.379 e. The van der Waals surface area contributed by atoms with Crippen LogP contribution in [0.5, 0.6) is 0 Å². The highest BCUT2D eigenvalue weighted by Gasteiger charge is 2.53. The lowest BCUT2D eigenvalue weighted by Gasteiger charge is -2.43. The van der Waals surface area contributed by atoms with E-state index in [-0.39, 0.29) is 23.7 Å². The van der Waals surface area contributed by atoms with Crippen molar-refractivity contribution < 1.29 is 14.7 Å². The zero-order chi connectivity index (χ0) is 24.6. The Balaban J connectivity index is 1.29. The van der Waals surface area contributed by atoms with Crippen molar-refractivity contribution in [3.05, 3.63) is 28.8 Å². The van der Waals surface area contributed by atoms with E-state index < -0.39 is 5.60 Å². The van der Waals surface area contributed by atoms with Crippen molar-refractivity contribution >= 4 is 29.1 Å². The standard InChI is InChI=1S/C27H40ClN3O3/c1-18(2)27(34,21-5-6-21)26(33)31-15-11-20(12-16-31)19-9-13-30(14-10-19)22-7-8-23(24(28)17-22)25(32)29(3)4/h7-8,17-21,34H,5-6,9-16H2,1-4H3. The van der Waals surface area contributed by atoms with Gasteiger partial charge in [-0.05, 0) is 80.4 Å². The molecular weight excluding hydrogens is 450 g/mol. The van der Waals surface area contributed by atoms with Gasteiger partial charge >= 0.3 is 0 Å². The van der Waals surface area contributed by atoms with Crippen LogP contribution in [0.3, 0.4) is 0 Å². The van der Waals surface area contributed by atoms with Gasteiger partial charge in [-0.25, -0.2) is 0 Å². The molecule has 1 N–H and O–H groups in total. The van der Waals surface area contributed by atoms with E-state index in [2.05, 4.69) is 4.90 Å². The Morgan fingerprint density at radius 1 is 1.00 bits per heavy atom. The molecule has 2 aliphatic heterocycles. The van der Waals surface area contributed by atoms with Crippen molar-refractivity contribution in [1.29, 1.82) is 0 Å². The fourth-order valence-electron chi connectivity index (χ4n) is 5.99. The number of amides is 2. The normalized spacial score (nSPS) is 22.1. The van der Waals surface area contributed by atoms with Crippen molar-refractivity contribution in [2.24, 2.45) is 23.7 Å². The highest BCUT2D eigenvalue weighted by atomic mass is 35.5. The lowest BCUT2D eigenvalue weighted by atomic mass is 9.77. The smallest absolute Gasteiger partial charge is 0.255 e. The first-order valence-electron chi connectivity index (χ1n) is 12.9. The molecule has 0 aromatic heterocycles. The van der Waals surface area contributed by atoms with E-state index in [1.807, 2.05) is 36.9 Å². The van der Waals surface area contributed by atoms with Gasteiger partial charge in [0.2, 0.25) is 0 Å². The van der Waals surface area contributed by atoms with E-state index in [9.17, 15) is 14.7 Å². The highest BCUT2D eigenvalue weighted by Crippen LogP contribution is 2.45. The molecule has 1 aromatic carbocycles. The summed E-state index contributed by atoms with van der Waals surface area (Å²) in [6.45, 7) is 7.44. The SMILES string of the molecule is CC(C)C(O)(C(=O)N1CCC(C2CCN(c3ccc(C(=O)N(C)C)c(Cl)c3)CC2)CC1)C1CC1. The van der Waals surface area contributed by atoms with Gasteiger partial charge in [0.15, 0.2) is 0 Å². The van der Waals surface area contributed by atoms with Crippen molar-refractivity contribution in [3.63, 3.8) is 0 Å². The minimum absolute atomic E-state index is 0.0358. The molecule has 1 atom stereocenters. The van der Waals surface area contributed by atoms with Crippen LogP contribution in [-0.2, 0) is 4.79 Å². The summed E-state index contributed by atoms with van der Waals surface area (Å²) in [4.78, 5) is 31.3. The molecular formula is C27H40ClN3O3. The van der Waals surface area contributed by atoms with Crippen LogP contribution in [0.1, 0.15) is 62.7 Å². The number of hydrogen-bond donors (Lipinski definition) is 1. The van der Waals surface area contributed by atoms with Gasteiger partial charge in [-0.1, -0.05) is 25.4 Å². The van der Waals surface area contributed by atoms with Crippen LogP contribution in [0.15, 0.2) is 18.2 Å². The van der Waals surface area contributed by atoms with E-state index in [0.29, 0.717) is 22.4 Å². The summed E-state index contributed by atoms with van der Waals surface area (Å²) >= 11 is 6.43. The number of carbonyl (C=O) groups excluding carboxylic acids is 2. The molecule has 0 bridgehead atoms. The summed E-state index contributed by atoms with van der Waals surface area (Å²) in [5.74, 6) is 1.30. The van der Waals surface area contributed by atoms with E-state index in [1.54, 1.807) is 19.0 Å². The maximum Gasteiger partial charge on any atom is 0.255 e. The first kappa shape index (κ1) is 25.3. The van der Waals surface area contributed by atoms with Crippen LogP contribution in [0.2, 0.25) is 5.02 Å². The van der Waals surface area contributed by atoms with Gasteiger partial charge in [-0.15, -0.1) is 0 Å². The number of halogens is 1. The van der Waals surface area contributed by atoms with E-state index >= 15 is 0 Å². The van der Waals surface area contributed by atoms with Gasteiger partial charge in [-0.2, -0.15) is 0 Å². The molecule has 2 heterocycles. The van der Waals surface area contributed by atoms with Gasteiger partial charge in [0.1, 0.15) is 5.60 Å². The zero-order valence-electron chi connectivity index (χ0n) is 21.1. The van der Waals surface area contributed by atoms with Gasteiger partial charge in [0, 0.05) is 46.0 Å². The predicted octanol–water partition coefficient (Wildman–Crippen LogP) is 4.29. The maximum absolute atomic E-state index is 13.2. The van der Waals surface area contributed by atoms with Gasteiger partial charge in [-0.3, -0.25) is 9.59 Å². The molecule has 1 unspecified atom stereocenters. The Morgan fingerprint density at radius 2 is 1.56 bits per heavy atom. The minimum Gasteiger partial charge on any atom is -0.379 e. The first-order valence-corrected chi connectivity index (χ1v) is 13.3. The molecule has 0 spiro atoms. The lowest BCUT2D eigenvalue weighted by molar-refractivity contribution is -0.161. The second kappa shape index (κ2) is 10.1. The number of carbonyl (C=O) groups is 2. The molecule has 34 heavy (non-hydrogen) atoms. The monoisotopic (exact) mass is 489 g/mol. The summed E-state index contributed by atoms with van der Waals surface area (Å²) in [5, 5.41) is 11.7. The Bertz CT molecular complexity index is 896. The summed E-state index contributed by atoms with van der Waals surface area (Å²) in [6, 6.07) is 5.75. The first-order chi connectivity index (χ1) is 16.1. The number of piperidine rings is 2. The van der Waals surface area contributed by atoms with E-state index in [4.69, 9.17) is 11.6 Å². The summed E-state index contributed by atoms with van der Waals surface area (Å²) < 4.78 is 0. The lowest BCUT2D eigenvalue weighted by Crippen LogP contribution is -2.56. The van der Waals surface area contributed by atoms with Crippen molar-refractivity contribution in [2.75, 3.05) is 45.2 Å². The Kier molecular flexibility index (Phi) is 7.49. The summed E-state index contributed by atoms with van der Waals surface area (Å²) in [5.41, 5.74) is 0.441. The van der Waals surface area contributed by atoms with Gasteiger partial charge in [0.25, 0.3) is 11.8 Å². The summed E-state index contributed by atoms with van der Waals surface area (Å²) in [7, 11) is 3.46. The van der Waals surface area contributed by atoms with Crippen LogP contribution in [0, 0.1) is 23.7 Å². The highest BCUT2D eigenvalue weighted by molar-refractivity contribution is 6.34. The molecule has 2 saturated heterocycles. The maximum atomic E-state index is 13.2. The van der Waals surface area contributed by atoms with Crippen LogP contribution in [0.4, 0.5) is 5.69 Å². The molecule has 188 valence electrons. The second-order valence-corrected chi connectivity index (χ2v) is 11.5. The number of rotatable bonds is 6. The van der Waals surface area contributed by atoms with Gasteiger partial charge in [0.05, 0.1) is 10.6 Å². The molecule has 0 radical (unpaired) electrons. The quantitative estimate of drug-likeness (QED) is 0.647. The van der Waals surface area contributed by atoms with Crippen LogP contribution in [-0.4, -0.2) is 72.6 Å². The number of benzene rings is 1. The molecule has 6 nitrogen and oxygen atoms in total. The van der Waals surface area contributed by atoms with Crippen molar-refractivity contribution in [1.82, 2.24) is 9.80 Å². The van der Waals surface area contributed by atoms with E-state index in [0.717, 1.165) is 70.4 Å². The zero-order valence-corrected chi connectivity index (χ0v) is 21.9. The van der Waals surface area contributed by atoms with Crippen molar-refractivity contribution in [3.8, 4) is 0 Å². The molecule has 7 heteroatoms. The van der Waals surface area contributed by atoms with Crippen LogP contribution >= 0.6 is 11.6 Å².